The van der Waals surface area contributed by atoms with Crippen LogP contribution >= 0.6 is 0 Å². The molecule has 0 bridgehead atoms. The fraction of sp³-hybridized carbons (Fsp3) is 0.500. The van der Waals surface area contributed by atoms with Crippen molar-refractivity contribution in [3.63, 3.8) is 0 Å². The molecular weight excluding hydrogens is 246 g/mol. The first-order chi connectivity index (χ1) is 9.22. The second-order valence-corrected chi connectivity index (χ2v) is 4.89. The molecule has 1 amide bonds. The molecule has 0 aliphatic carbocycles. The molecule has 3 rings (SSSR count). The number of rotatable bonds is 3. The lowest BCUT2D eigenvalue weighted by Crippen LogP contribution is -2.24. The molecule has 1 aromatic carbocycles. The summed E-state index contributed by atoms with van der Waals surface area (Å²) in [5.74, 6) is 0. The van der Waals surface area contributed by atoms with Gasteiger partial charge in [-0.05, 0) is 12.5 Å². The summed E-state index contributed by atoms with van der Waals surface area (Å²) in [4.78, 5) is 13.2. The maximum absolute atomic E-state index is 11.5. The average Bonchev–Trinajstić information content (AvgIpc) is 3.01. The van der Waals surface area contributed by atoms with Crippen molar-refractivity contribution < 1.29 is 19.0 Å². The Morgan fingerprint density at radius 1 is 1.21 bits per heavy atom. The predicted octanol–water partition coefficient (Wildman–Crippen LogP) is 2.07. The van der Waals surface area contributed by atoms with Crippen molar-refractivity contribution in [2.45, 2.75) is 25.9 Å². The van der Waals surface area contributed by atoms with Gasteiger partial charge in [0.05, 0.1) is 19.8 Å². The van der Waals surface area contributed by atoms with Gasteiger partial charge in [0, 0.05) is 12.1 Å². The van der Waals surface area contributed by atoms with Crippen LogP contribution in [-0.2, 0) is 20.8 Å². The lowest BCUT2D eigenvalue weighted by Gasteiger charge is -2.14. The van der Waals surface area contributed by atoms with Crippen LogP contribution in [0.1, 0.15) is 24.3 Å². The quantitative estimate of drug-likeness (QED) is 0.837. The molecule has 0 saturated carbocycles. The molecule has 2 aliphatic rings. The van der Waals surface area contributed by atoms with E-state index in [9.17, 15) is 4.79 Å². The van der Waals surface area contributed by atoms with Crippen LogP contribution in [0.4, 0.5) is 4.79 Å². The van der Waals surface area contributed by atoms with Crippen LogP contribution in [0.2, 0.25) is 0 Å². The second kappa shape index (κ2) is 5.19. The number of amides is 1. The molecule has 2 fully saturated rings. The molecule has 0 N–H and O–H groups in total. The summed E-state index contributed by atoms with van der Waals surface area (Å²) in [7, 11) is 0. The molecule has 0 aromatic heterocycles. The van der Waals surface area contributed by atoms with Gasteiger partial charge in [0.25, 0.3) is 0 Å². The van der Waals surface area contributed by atoms with Crippen LogP contribution in [0.5, 0.6) is 0 Å². The van der Waals surface area contributed by atoms with Gasteiger partial charge in [-0.15, -0.1) is 0 Å². The fourth-order valence-corrected chi connectivity index (χ4v) is 2.35. The number of ether oxygens (including phenoxy) is 3. The predicted molar refractivity (Wildman–Crippen MR) is 67.4 cm³/mol. The van der Waals surface area contributed by atoms with E-state index in [2.05, 4.69) is 0 Å². The molecule has 2 saturated heterocycles. The lowest BCUT2D eigenvalue weighted by molar-refractivity contribution is -0.0441. The summed E-state index contributed by atoms with van der Waals surface area (Å²) in [5.41, 5.74) is 2.09. The van der Waals surface area contributed by atoms with Gasteiger partial charge >= 0.3 is 6.09 Å². The number of carbonyl (C=O) groups is 1. The first-order valence-electron chi connectivity index (χ1n) is 6.50. The Bertz CT molecular complexity index is 453. The van der Waals surface area contributed by atoms with E-state index in [0.29, 0.717) is 26.3 Å². The zero-order valence-corrected chi connectivity index (χ0v) is 10.9. The van der Waals surface area contributed by atoms with Crippen LogP contribution in [0.25, 0.3) is 0 Å². The number of nitrogens with zero attached hydrogens (tertiary/aromatic N) is 1. The number of cyclic esters (lactones) is 1. The number of benzene rings is 1. The third kappa shape index (κ3) is 2.72. The summed E-state index contributed by atoms with van der Waals surface area (Å²) in [6, 6.07) is 7.96. The molecule has 1 atom stereocenters. The molecule has 0 radical (unpaired) electrons. The van der Waals surface area contributed by atoms with E-state index >= 15 is 0 Å². The highest BCUT2D eigenvalue weighted by molar-refractivity contribution is 5.69. The fourth-order valence-electron chi connectivity index (χ4n) is 2.35. The smallest absolute Gasteiger partial charge is 0.410 e. The van der Waals surface area contributed by atoms with Crippen molar-refractivity contribution in [2.24, 2.45) is 0 Å². The Balaban J connectivity index is 1.64. The zero-order valence-electron chi connectivity index (χ0n) is 10.9. The van der Waals surface area contributed by atoms with Crippen LogP contribution in [-0.4, -0.2) is 36.9 Å². The Kier molecular flexibility index (Phi) is 3.40. The van der Waals surface area contributed by atoms with Crippen molar-refractivity contribution in [1.82, 2.24) is 4.90 Å². The van der Waals surface area contributed by atoms with Crippen LogP contribution < -0.4 is 0 Å². The minimum atomic E-state index is -0.245. The van der Waals surface area contributed by atoms with Crippen LogP contribution in [0, 0.1) is 0 Å². The third-order valence-corrected chi connectivity index (χ3v) is 3.28. The molecule has 2 aliphatic heterocycles. The summed E-state index contributed by atoms with van der Waals surface area (Å²) >= 11 is 0. The van der Waals surface area contributed by atoms with Gasteiger partial charge in [0.15, 0.2) is 6.29 Å². The minimum Gasteiger partial charge on any atom is -0.444 e. The van der Waals surface area contributed by atoms with E-state index in [-0.39, 0.29) is 18.5 Å². The summed E-state index contributed by atoms with van der Waals surface area (Å²) in [6.45, 7) is 4.41. The third-order valence-electron chi connectivity index (χ3n) is 3.28. The van der Waals surface area contributed by atoms with Crippen molar-refractivity contribution in [3.8, 4) is 0 Å². The molecule has 0 unspecified atom stereocenters. The summed E-state index contributed by atoms with van der Waals surface area (Å²) in [6.07, 6.45) is -0.503. The maximum Gasteiger partial charge on any atom is 0.410 e. The van der Waals surface area contributed by atoms with Gasteiger partial charge in [-0.1, -0.05) is 24.3 Å². The Morgan fingerprint density at radius 3 is 2.47 bits per heavy atom. The largest absolute Gasteiger partial charge is 0.444 e. The molecule has 0 spiro atoms. The van der Waals surface area contributed by atoms with Gasteiger partial charge in [-0.3, -0.25) is 0 Å². The van der Waals surface area contributed by atoms with E-state index in [1.54, 1.807) is 4.90 Å². The highest BCUT2D eigenvalue weighted by Gasteiger charge is 2.27. The van der Waals surface area contributed by atoms with Gasteiger partial charge < -0.3 is 19.1 Å². The number of carbonyl (C=O) groups excluding carboxylic acids is 1. The summed E-state index contributed by atoms with van der Waals surface area (Å²) < 4.78 is 16.0. The molecule has 5 nitrogen and oxygen atoms in total. The van der Waals surface area contributed by atoms with Gasteiger partial charge in [-0.2, -0.15) is 0 Å². The Hall–Kier alpha value is -1.59. The zero-order chi connectivity index (χ0) is 13.2. The number of hydrogen-bond acceptors (Lipinski definition) is 4. The first kappa shape index (κ1) is 12.4. The van der Waals surface area contributed by atoms with Crippen molar-refractivity contribution in [2.75, 3.05) is 19.8 Å². The summed E-state index contributed by atoms with van der Waals surface area (Å²) in [5, 5.41) is 0. The normalized spacial score (nSPS) is 23.9. The van der Waals surface area contributed by atoms with E-state index < -0.39 is 0 Å². The second-order valence-electron chi connectivity index (χ2n) is 4.89. The topological polar surface area (TPSA) is 48.0 Å². The molecule has 2 heterocycles. The van der Waals surface area contributed by atoms with Gasteiger partial charge in [0.2, 0.25) is 0 Å². The minimum absolute atomic E-state index is 0.0212. The standard InChI is InChI=1S/C14H17NO4/c1-10-8-15(14(16)19-10)9-11-2-4-12(5-3-11)13-17-6-7-18-13/h2-5,10,13H,6-9H2,1H3/t10-/m1/s1. The Morgan fingerprint density at radius 2 is 1.89 bits per heavy atom. The van der Waals surface area contributed by atoms with E-state index in [1.807, 2.05) is 31.2 Å². The van der Waals surface area contributed by atoms with E-state index in [0.717, 1.165) is 11.1 Å². The molecule has 102 valence electrons. The maximum atomic E-state index is 11.5. The highest BCUT2D eigenvalue weighted by Crippen LogP contribution is 2.24. The molecule has 19 heavy (non-hydrogen) atoms. The van der Waals surface area contributed by atoms with E-state index in [4.69, 9.17) is 14.2 Å². The van der Waals surface area contributed by atoms with Crippen molar-refractivity contribution in [1.29, 1.82) is 0 Å². The number of hydrogen-bond donors (Lipinski definition) is 0. The lowest BCUT2D eigenvalue weighted by atomic mass is 10.1. The molecular formula is C14H17NO4. The van der Waals surface area contributed by atoms with Gasteiger partial charge in [0.1, 0.15) is 6.10 Å². The SMILES string of the molecule is C[C@@H]1CN(Cc2ccc(C3OCCO3)cc2)C(=O)O1. The monoisotopic (exact) mass is 263 g/mol. The van der Waals surface area contributed by atoms with Gasteiger partial charge in [-0.25, -0.2) is 4.79 Å². The van der Waals surface area contributed by atoms with Crippen molar-refractivity contribution in [3.05, 3.63) is 35.4 Å². The molecule has 1 aromatic rings. The van der Waals surface area contributed by atoms with Crippen molar-refractivity contribution >= 4 is 6.09 Å². The van der Waals surface area contributed by atoms with Crippen LogP contribution in [0.3, 0.4) is 0 Å². The molecule has 5 heteroatoms. The first-order valence-corrected chi connectivity index (χ1v) is 6.50. The Labute approximate surface area is 112 Å². The average molecular weight is 263 g/mol. The highest BCUT2D eigenvalue weighted by atomic mass is 16.7. The van der Waals surface area contributed by atoms with Crippen LogP contribution in [0.15, 0.2) is 24.3 Å². The van der Waals surface area contributed by atoms with E-state index in [1.165, 1.54) is 0 Å².